The van der Waals surface area contributed by atoms with Crippen LogP contribution in [-0.2, 0) is 23.1 Å². The lowest BCUT2D eigenvalue weighted by molar-refractivity contribution is -0.121. The fourth-order valence-electron chi connectivity index (χ4n) is 7.58. The van der Waals surface area contributed by atoms with Crippen LogP contribution in [0.4, 0.5) is 4.39 Å². The molecule has 1 atom stereocenters. The Bertz CT molecular complexity index is 1560. The van der Waals surface area contributed by atoms with Gasteiger partial charge >= 0.3 is 0 Å². The fourth-order valence-corrected chi connectivity index (χ4v) is 7.58. The van der Waals surface area contributed by atoms with Crippen LogP contribution < -0.4 is 20.5 Å². The second-order valence-corrected chi connectivity index (χ2v) is 13.1. The zero-order chi connectivity index (χ0) is 34.5. The third-order valence-electron chi connectivity index (χ3n) is 10.2. The number of amides is 1. The Morgan fingerprint density at radius 1 is 0.880 bits per heavy atom. The number of carbonyl (C=O) groups excluding carboxylic acids is 1. The topological polar surface area (TPSA) is 76.8 Å². The van der Waals surface area contributed by atoms with Gasteiger partial charge in [-0.1, -0.05) is 72.8 Å². The third kappa shape index (κ3) is 9.87. The highest BCUT2D eigenvalue weighted by Crippen LogP contribution is 2.43. The molecule has 4 aromatic rings. The van der Waals surface area contributed by atoms with Crippen molar-refractivity contribution in [2.45, 2.75) is 69.2 Å². The van der Waals surface area contributed by atoms with Crippen molar-refractivity contribution in [3.63, 3.8) is 0 Å². The molecule has 8 heteroatoms. The number of ether oxygens (including phenoxy) is 2. The molecule has 1 amide bonds. The number of aryl methyl sites for hydroxylation is 1. The van der Waals surface area contributed by atoms with Crippen LogP contribution >= 0.6 is 12.4 Å². The van der Waals surface area contributed by atoms with E-state index in [1.165, 1.54) is 34.4 Å². The van der Waals surface area contributed by atoms with Crippen molar-refractivity contribution in [3.8, 4) is 11.5 Å². The number of carbonyl (C=O) groups is 1. The van der Waals surface area contributed by atoms with Crippen molar-refractivity contribution in [2.24, 2.45) is 5.73 Å². The van der Waals surface area contributed by atoms with Gasteiger partial charge < -0.3 is 20.5 Å². The molecule has 4 aromatic carbocycles. The number of benzene rings is 4. The minimum Gasteiger partial charge on any atom is -0.493 e. The van der Waals surface area contributed by atoms with Crippen LogP contribution in [0, 0.1) is 5.82 Å². The average molecular weight is 702 g/mol. The Morgan fingerprint density at radius 3 is 2.12 bits per heavy atom. The molecular weight excluding hydrogens is 649 g/mol. The first-order chi connectivity index (χ1) is 24.0. The van der Waals surface area contributed by atoms with Crippen LogP contribution in [0.25, 0.3) is 0 Å². The molecule has 0 radical (unpaired) electrons. The number of halogens is 2. The molecular formula is C42H53ClFN3O3. The van der Waals surface area contributed by atoms with Crippen LogP contribution in [-0.4, -0.2) is 51.2 Å². The SMILES string of the molecule is COc1cc2c(cc1OC)C(CCCN)N(CCCC(CCCNC(=O)CCc1ccc(F)cc1)(c1ccccc1)c1ccccc1)CC2.Cl. The maximum Gasteiger partial charge on any atom is 0.220 e. The molecule has 268 valence electrons. The maximum absolute atomic E-state index is 13.3. The Morgan fingerprint density at radius 2 is 1.50 bits per heavy atom. The van der Waals surface area contributed by atoms with E-state index in [0.717, 1.165) is 75.1 Å². The van der Waals surface area contributed by atoms with E-state index in [0.29, 0.717) is 25.9 Å². The summed E-state index contributed by atoms with van der Waals surface area (Å²) in [6.45, 7) is 3.25. The molecule has 0 spiro atoms. The number of nitrogens with zero attached hydrogens (tertiary/aromatic N) is 1. The molecule has 0 aromatic heterocycles. The summed E-state index contributed by atoms with van der Waals surface area (Å²) in [4.78, 5) is 15.4. The molecule has 0 bridgehead atoms. The molecule has 0 aliphatic carbocycles. The number of nitrogens with two attached hydrogens (primary N) is 1. The van der Waals surface area contributed by atoms with Gasteiger partial charge in [0.25, 0.3) is 0 Å². The minimum absolute atomic E-state index is 0. The van der Waals surface area contributed by atoms with Crippen molar-refractivity contribution in [2.75, 3.05) is 40.4 Å². The summed E-state index contributed by atoms with van der Waals surface area (Å²) in [5.74, 6) is 1.32. The molecule has 0 fully saturated rings. The monoisotopic (exact) mass is 701 g/mol. The number of hydrogen-bond donors (Lipinski definition) is 2. The van der Waals surface area contributed by atoms with Gasteiger partial charge in [0, 0.05) is 31.0 Å². The number of methoxy groups -OCH3 is 2. The van der Waals surface area contributed by atoms with E-state index in [-0.39, 0.29) is 35.6 Å². The van der Waals surface area contributed by atoms with Gasteiger partial charge in [-0.25, -0.2) is 4.39 Å². The number of hydrogen-bond acceptors (Lipinski definition) is 5. The predicted molar refractivity (Wildman–Crippen MR) is 203 cm³/mol. The molecule has 1 heterocycles. The van der Waals surface area contributed by atoms with E-state index in [2.05, 4.69) is 83.0 Å². The van der Waals surface area contributed by atoms with Crippen LogP contribution in [0.3, 0.4) is 0 Å². The molecule has 0 saturated heterocycles. The Kier molecular flexibility index (Phi) is 15.1. The highest BCUT2D eigenvalue weighted by Gasteiger charge is 2.35. The highest BCUT2D eigenvalue weighted by atomic mass is 35.5. The Balaban J connectivity index is 0.00000562. The van der Waals surface area contributed by atoms with Gasteiger partial charge in [-0.15, -0.1) is 12.4 Å². The molecule has 1 aliphatic rings. The van der Waals surface area contributed by atoms with Gasteiger partial charge in [0.2, 0.25) is 5.91 Å². The quantitative estimate of drug-likeness (QED) is 0.102. The third-order valence-corrected chi connectivity index (χ3v) is 10.2. The molecule has 0 saturated carbocycles. The maximum atomic E-state index is 13.3. The fraction of sp³-hybridized carbons (Fsp3) is 0.405. The molecule has 3 N–H and O–H groups in total. The summed E-state index contributed by atoms with van der Waals surface area (Å²) in [7, 11) is 3.40. The number of fused-ring (bicyclic) bond motifs is 1. The lowest BCUT2D eigenvalue weighted by Gasteiger charge is -2.40. The second kappa shape index (κ2) is 19.5. The number of rotatable bonds is 18. The Hall–Kier alpha value is -3.91. The van der Waals surface area contributed by atoms with Crippen LogP contribution in [0.1, 0.15) is 78.8 Å². The van der Waals surface area contributed by atoms with Crippen molar-refractivity contribution in [3.05, 3.63) is 131 Å². The molecule has 6 nitrogen and oxygen atoms in total. The predicted octanol–water partition coefficient (Wildman–Crippen LogP) is 8.20. The van der Waals surface area contributed by atoms with Gasteiger partial charge in [-0.2, -0.15) is 0 Å². The first-order valence-electron chi connectivity index (χ1n) is 17.8. The molecule has 50 heavy (non-hydrogen) atoms. The van der Waals surface area contributed by atoms with Gasteiger partial charge in [0.15, 0.2) is 11.5 Å². The number of nitrogens with one attached hydrogen (secondary N) is 1. The first kappa shape index (κ1) is 38.9. The van der Waals surface area contributed by atoms with Gasteiger partial charge in [0.05, 0.1) is 14.2 Å². The van der Waals surface area contributed by atoms with E-state index in [9.17, 15) is 9.18 Å². The summed E-state index contributed by atoms with van der Waals surface area (Å²) < 4.78 is 24.6. The minimum atomic E-state index is -0.261. The smallest absolute Gasteiger partial charge is 0.220 e. The summed E-state index contributed by atoms with van der Waals surface area (Å²) in [6.07, 6.45) is 7.69. The van der Waals surface area contributed by atoms with E-state index in [4.69, 9.17) is 15.2 Å². The van der Waals surface area contributed by atoms with Gasteiger partial charge in [0.1, 0.15) is 5.82 Å². The van der Waals surface area contributed by atoms with Gasteiger partial charge in [-0.05, 0) is 117 Å². The zero-order valence-electron chi connectivity index (χ0n) is 29.5. The summed E-state index contributed by atoms with van der Waals surface area (Å²) in [6, 6.07) is 32.7. The zero-order valence-corrected chi connectivity index (χ0v) is 30.4. The van der Waals surface area contributed by atoms with Crippen molar-refractivity contribution in [1.82, 2.24) is 10.2 Å². The lowest BCUT2D eigenvalue weighted by atomic mass is 9.68. The van der Waals surface area contributed by atoms with Crippen LogP contribution in [0.15, 0.2) is 97.1 Å². The van der Waals surface area contributed by atoms with E-state index < -0.39 is 0 Å². The van der Waals surface area contributed by atoms with Crippen LogP contribution in [0.2, 0.25) is 0 Å². The molecule has 1 unspecified atom stereocenters. The standard InChI is InChI=1S/C42H52FN3O3.ClH/c1-48-39-30-33-23-29-46(38(16-9-26-44)37(33)31-40(39)49-2)28-11-25-42(34-12-5-3-6-13-34,35-14-7-4-8-15-35)24-10-27-45-41(47)22-19-32-17-20-36(43)21-18-32;/h3-8,12-15,17-18,20-21,30-31,38H,9-11,16,19,22-29,44H2,1-2H3,(H,45,47);1H. The van der Waals surface area contributed by atoms with Crippen molar-refractivity contribution >= 4 is 18.3 Å². The second-order valence-electron chi connectivity index (χ2n) is 13.1. The van der Waals surface area contributed by atoms with Crippen molar-refractivity contribution < 1.29 is 18.7 Å². The normalized spacial score (nSPS) is 14.4. The molecule has 1 aliphatic heterocycles. The summed E-state index contributed by atoms with van der Waals surface area (Å²) >= 11 is 0. The van der Waals surface area contributed by atoms with Crippen LogP contribution in [0.5, 0.6) is 11.5 Å². The Labute approximate surface area is 304 Å². The lowest BCUT2D eigenvalue weighted by Crippen LogP contribution is -2.38. The van der Waals surface area contributed by atoms with Crippen molar-refractivity contribution in [1.29, 1.82) is 0 Å². The summed E-state index contributed by atoms with van der Waals surface area (Å²) in [5, 5.41) is 3.15. The van der Waals surface area contributed by atoms with E-state index in [1.54, 1.807) is 26.4 Å². The first-order valence-corrected chi connectivity index (χ1v) is 17.8. The largest absolute Gasteiger partial charge is 0.493 e. The average Bonchev–Trinajstić information content (AvgIpc) is 3.15. The van der Waals surface area contributed by atoms with Gasteiger partial charge in [-0.3, -0.25) is 9.69 Å². The highest BCUT2D eigenvalue weighted by molar-refractivity contribution is 5.85. The van der Waals surface area contributed by atoms with E-state index >= 15 is 0 Å². The summed E-state index contributed by atoms with van der Waals surface area (Å²) in [5.41, 5.74) is 12.1. The van der Waals surface area contributed by atoms with E-state index in [1.807, 2.05) is 0 Å². The molecule has 5 rings (SSSR count).